The van der Waals surface area contributed by atoms with Gasteiger partial charge < -0.3 is 9.47 Å². The fourth-order valence-corrected chi connectivity index (χ4v) is 4.73. The summed E-state index contributed by atoms with van der Waals surface area (Å²) in [5, 5.41) is 0. The molecular weight excluding hydrogens is 433 g/mol. The number of sulfonamides is 1. The highest BCUT2D eigenvalue weighted by Gasteiger charge is 2.24. The minimum absolute atomic E-state index is 0.0657. The van der Waals surface area contributed by atoms with E-state index in [1.165, 1.54) is 11.1 Å². The minimum Gasteiger partial charge on any atom is -0.493 e. The SMILES string of the molecule is COc1cc2c(cc1OC)CN(CCCCNS(=O)(=O)c1ccc(F)c(F)c1F)CC2. The molecule has 10 heteroatoms. The van der Waals surface area contributed by atoms with Gasteiger partial charge in [-0.2, -0.15) is 0 Å². The Morgan fingerprint density at radius 2 is 1.68 bits per heavy atom. The van der Waals surface area contributed by atoms with Crippen molar-refractivity contribution in [3.05, 3.63) is 52.8 Å². The summed E-state index contributed by atoms with van der Waals surface area (Å²) in [4.78, 5) is 1.36. The zero-order valence-corrected chi connectivity index (χ0v) is 18.2. The first-order chi connectivity index (χ1) is 14.8. The van der Waals surface area contributed by atoms with Crippen LogP contribution in [0.5, 0.6) is 11.5 Å². The molecule has 2 aromatic carbocycles. The average molecular weight is 459 g/mol. The van der Waals surface area contributed by atoms with Crippen molar-refractivity contribution in [3.63, 3.8) is 0 Å². The second-order valence-electron chi connectivity index (χ2n) is 7.28. The van der Waals surface area contributed by atoms with Gasteiger partial charge in [-0.05, 0) is 61.2 Å². The molecule has 0 radical (unpaired) electrons. The number of hydrogen-bond donors (Lipinski definition) is 1. The standard InChI is InChI=1S/C21H25F3N2O4S/c1-29-17-11-14-7-10-26(13-15(14)12-18(17)30-2)9-4-3-8-25-31(27,28)19-6-5-16(22)20(23)21(19)24/h5-6,11-12,25H,3-4,7-10,13H2,1-2H3. The molecule has 1 aliphatic heterocycles. The summed E-state index contributed by atoms with van der Waals surface area (Å²) in [6.07, 6.45) is 2.10. The Morgan fingerprint density at radius 1 is 1.00 bits per heavy atom. The molecule has 0 bridgehead atoms. The van der Waals surface area contributed by atoms with Crippen molar-refractivity contribution in [1.29, 1.82) is 0 Å². The van der Waals surface area contributed by atoms with Crippen molar-refractivity contribution in [2.75, 3.05) is 33.9 Å². The predicted octanol–water partition coefficient (Wildman–Crippen LogP) is 3.24. The highest BCUT2D eigenvalue weighted by atomic mass is 32.2. The van der Waals surface area contributed by atoms with Crippen LogP contribution in [0, 0.1) is 17.5 Å². The monoisotopic (exact) mass is 458 g/mol. The summed E-state index contributed by atoms with van der Waals surface area (Å²) in [7, 11) is -1.06. The van der Waals surface area contributed by atoms with Gasteiger partial charge in [-0.15, -0.1) is 0 Å². The van der Waals surface area contributed by atoms with E-state index in [2.05, 4.69) is 9.62 Å². The molecular formula is C21H25F3N2O4S. The smallest absolute Gasteiger partial charge is 0.243 e. The lowest BCUT2D eigenvalue weighted by Crippen LogP contribution is -2.32. The molecule has 31 heavy (non-hydrogen) atoms. The second-order valence-corrected chi connectivity index (χ2v) is 9.02. The highest BCUT2D eigenvalue weighted by Crippen LogP contribution is 2.33. The Labute approximate surface area is 180 Å². The van der Waals surface area contributed by atoms with Crippen molar-refractivity contribution in [2.24, 2.45) is 0 Å². The van der Waals surface area contributed by atoms with E-state index in [1.807, 2.05) is 12.1 Å². The number of ether oxygens (including phenoxy) is 2. The third-order valence-corrected chi connectivity index (χ3v) is 6.76. The molecule has 1 aliphatic rings. The Balaban J connectivity index is 1.49. The van der Waals surface area contributed by atoms with Gasteiger partial charge >= 0.3 is 0 Å². The lowest BCUT2D eigenvalue weighted by atomic mass is 9.98. The normalized spacial score (nSPS) is 14.4. The van der Waals surface area contributed by atoms with Crippen LogP contribution in [0.15, 0.2) is 29.2 Å². The maximum absolute atomic E-state index is 13.7. The van der Waals surface area contributed by atoms with Crippen LogP contribution in [0.25, 0.3) is 0 Å². The van der Waals surface area contributed by atoms with E-state index in [0.717, 1.165) is 26.1 Å². The van der Waals surface area contributed by atoms with Crippen LogP contribution in [0.3, 0.4) is 0 Å². The molecule has 0 atom stereocenters. The van der Waals surface area contributed by atoms with Gasteiger partial charge in [0.25, 0.3) is 0 Å². The number of fused-ring (bicyclic) bond motifs is 1. The Morgan fingerprint density at radius 3 is 2.35 bits per heavy atom. The second kappa shape index (κ2) is 9.88. The molecule has 0 fully saturated rings. The van der Waals surface area contributed by atoms with Crippen LogP contribution >= 0.6 is 0 Å². The fraction of sp³-hybridized carbons (Fsp3) is 0.429. The number of unbranched alkanes of at least 4 members (excludes halogenated alkanes) is 1. The molecule has 3 rings (SSSR count). The molecule has 170 valence electrons. The van der Waals surface area contributed by atoms with E-state index in [-0.39, 0.29) is 6.54 Å². The van der Waals surface area contributed by atoms with Gasteiger partial charge in [0.2, 0.25) is 10.0 Å². The van der Waals surface area contributed by atoms with E-state index in [0.29, 0.717) is 36.5 Å². The zero-order chi connectivity index (χ0) is 22.6. The number of hydrogen-bond acceptors (Lipinski definition) is 5. The number of nitrogens with zero attached hydrogens (tertiary/aromatic N) is 1. The molecule has 0 amide bonds. The van der Waals surface area contributed by atoms with Crippen molar-refractivity contribution >= 4 is 10.0 Å². The lowest BCUT2D eigenvalue weighted by Gasteiger charge is -2.29. The van der Waals surface area contributed by atoms with E-state index in [1.54, 1.807) is 14.2 Å². The first-order valence-corrected chi connectivity index (χ1v) is 11.3. The lowest BCUT2D eigenvalue weighted by molar-refractivity contribution is 0.248. The minimum atomic E-state index is -4.26. The summed E-state index contributed by atoms with van der Waals surface area (Å²) in [6, 6.07) is 5.28. The number of methoxy groups -OCH3 is 2. The molecule has 0 unspecified atom stereocenters. The Bertz CT molecular complexity index is 1050. The Hall–Kier alpha value is -2.30. The number of rotatable bonds is 9. The van der Waals surface area contributed by atoms with Gasteiger partial charge in [-0.3, -0.25) is 4.90 Å². The molecule has 0 spiro atoms. The summed E-state index contributed by atoms with van der Waals surface area (Å²) < 4.78 is 77.3. The van der Waals surface area contributed by atoms with Gasteiger partial charge in [0.15, 0.2) is 29.0 Å². The average Bonchev–Trinajstić information content (AvgIpc) is 2.75. The number of nitrogens with one attached hydrogen (secondary N) is 1. The van der Waals surface area contributed by atoms with Crippen molar-refractivity contribution in [3.8, 4) is 11.5 Å². The summed E-state index contributed by atoms with van der Waals surface area (Å²) in [5.74, 6) is -3.56. The molecule has 1 heterocycles. The summed E-state index contributed by atoms with van der Waals surface area (Å²) in [5.41, 5.74) is 2.38. The highest BCUT2D eigenvalue weighted by molar-refractivity contribution is 7.89. The van der Waals surface area contributed by atoms with Crippen LogP contribution in [-0.4, -0.2) is 47.2 Å². The third-order valence-electron chi connectivity index (χ3n) is 5.28. The summed E-state index contributed by atoms with van der Waals surface area (Å²) in [6.45, 7) is 2.45. The van der Waals surface area contributed by atoms with E-state index >= 15 is 0 Å². The summed E-state index contributed by atoms with van der Waals surface area (Å²) >= 11 is 0. The molecule has 0 aromatic heterocycles. The van der Waals surface area contributed by atoms with Crippen LogP contribution in [0.4, 0.5) is 13.2 Å². The van der Waals surface area contributed by atoms with Gasteiger partial charge in [-0.25, -0.2) is 26.3 Å². The van der Waals surface area contributed by atoms with E-state index in [4.69, 9.17) is 9.47 Å². The maximum Gasteiger partial charge on any atom is 0.243 e. The molecule has 6 nitrogen and oxygen atoms in total. The van der Waals surface area contributed by atoms with Crippen molar-refractivity contribution < 1.29 is 31.1 Å². The molecule has 0 aliphatic carbocycles. The van der Waals surface area contributed by atoms with Crippen LogP contribution in [0.2, 0.25) is 0 Å². The number of halogens is 3. The van der Waals surface area contributed by atoms with Gasteiger partial charge in [0.1, 0.15) is 4.90 Å². The van der Waals surface area contributed by atoms with Crippen molar-refractivity contribution in [1.82, 2.24) is 9.62 Å². The molecule has 0 saturated heterocycles. The maximum atomic E-state index is 13.7. The number of benzene rings is 2. The first-order valence-electron chi connectivity index (χ1n) is 9.86. The van der Waals surface area contributed by atoms with Crippen LogP contribution in [0.1, 0.15) is 24.0 Å². The quantitative estimate of drug-likeness (QED) is 0.462. The third kappa shape index (κ3) is 5.31. The first kappa shape index (κ1) is 23.4. The van der Waals surface area contributed by atoms with Gasteiger partial charge in [0, 0.05) is 19.6 Å². The van der Waals surface area contributed by atoms with E-state index < -0.39 is 32.4 Å². The molecule has 0 saturated carbocycles. The molecule has 2 aromatic rings. The van der Waals surface area contributed by atoms with E-state index in [9.17, 15) is 21.6 Å². The predicted molar refractivity (Wildman–Crippen MR) is 109 cm³/mol. The largest absolute Gasteiger partial charge is 0.493 e. The van der Waals surface area contributed by atoms with Crippen LogP contribution in [-0.2, 0) is 23.0 Å². The van der Waals surface area contributed by atoms with Crippen molar-refractivity contribution in [2.45, 2.75) is 30.7 Å². The van der Waals surface area contributed by atoms with Gasteiger partial charge in [0.05, 0.1) is 14.2 Å². The Kier molecular flexibility index (Phi) is 7.45. The molecule has 1 N–H and O–H groups in total. The zero-order valence-electron chi connectivity index (χ0n) is 17.4. The fourth-order valence-electron chi connectivity index (χ4n) is 3.59. The topological polar surface area (TPSA) is 67.9 Å². The van der Waals surface area contributed by atoms with Crippen LogP contribution < -0.4 is 14.2 Å². The van der Waals surface area contributed by atoms with Gasteiger partial charge in [-0.1, -0.05) is 0 Å².